The number of hydrogen-bond acceptors (Lipinski definition) is 4. The topological polar surface area (TPSA) is 56.5 Å². The highest BCUT2D eigenvalue weighted by molar-refractivity contribution is 5.48. The first-order chi connectivity index (χ1) is 8.67. The molecule has 0 saturated carbocycles. The molecule has 1 fully saturated rings. The summed E-state index contributed by atoms with van der Waals surface area (Å²) < 4.78 is 10.7. The fraction of sp³-hybridized carbons (Fsp3) is 0.571. The molecular weight excluding hydrogens is 228 g/mol. The highest BCUT2D eigenvalue weighted by Gasteiger charge is 2.34. The molecular formula is C14H22N2O2. The van der Waals surface area contributed by atoms with Crippen LogP contribution in [0.2, 0.25) is 0 Å². The number of benzene rings is 1. The van der Waals surface area contributed by atoms with E-state index in [9.17, 15) is 0 Å². The van der Waals surface area contributed by atoms with Gasteiger partial charge in [0.15, 0.2) is 0 Å². The van der Waals surface area contributed by atoms with Crippen LogP contribution in [0.1, 0.15) is 19.8 Å². The Morgan fingerprint density at radius 2 is 2.17 bits per heavy atom. The molecule has 100 valence electrons. The van der Waals surface area contributed by atoms with Crippen LogP contribution in [-0.2, 0) is 4.74 Å². The Bertz CT molecular complexity index is 380. The van der Waals surface area contributed by atoms with Crippen LogP contribution in [0.4, 0.5) is 5.69 Å². The van der Waals surface area contributed by atoms with Crippen molar-refractivity contribution in [2.45, 2.75) is 31.4 Å². The number of nitrogens with one attached hydrogen (secondary N) is 1. The van der Waals surface area contributed by atoms with Gasteiger partial charge in [-0.15, -0.1) is 0 Å². The Morgan fingerprint density at radius 1 is 1.44 bits per heavy atom. The van der Waals surface area contributed by atoms with Gasteiger partial charge in [-0.25, -0.2) is 0 Å². The summed E-state index contributed by atoms with van der Waals surface area (Å²) in [6.07, 6.45) is 2.14. The van der Waals surface area contributed by atoms with E-state index >= 15 is 0 Å². The molecule has 0 bridgehead atoms. The highest BCUT2D eigenvalue weighted by Crippen LogP contribution is 2.28. The molecule has 1 heterocycles. The molecule has 1 aromatic carbocycles. The quantitative estimate of drug-likeness (QED) is 0.858. The minimum Gasteiger partial charge on any atom is -0.497 e. The molecule has 4 nitrogen and oxygen atoms in total. The number of nitrogens with two attached hydrogens (primary N) is 1. The Labute approximate surface area is 108 Å². The van der Waals surface area contributed by atoms with Gasteiger partial charge in [0, 0.05) is 18.8 Å². The molecule has 0 spiro atoms. The summed E-state index contributed by atoms with van der Waals surface area (Å²) in [4.78, 5) is 0. The zero-order valence-electron chi connectivity index (χ0n) is 11.1. The van der Waals surface area contributed by atoms with Gasteiger partial charge in [-0.05, 0) is 44.0 Å². The Kier molecular flexibility index (Phi) is 4.09. The van der Waals surface area contributed by atoms with E-state index in [1.54, 1.807) is 7.11 Å². The van der Waals surface area contributed by atoms with Crippen molar-refractivity contribution in [3.05, 3.63) is 24.3 Å². The van der Waals surface area contributed by atoms with Crippen LogP contribution in [0.25, 0.3) is 0 Å². The molecule has 2 rings (SSSR count). The van der Waals surface area contributed by atoms with Crippen molar-refractivity contribution in [1.29, 1.82) is 0 Å². The first kappa shape index (κ1) is 13.2. The maximum Gasteiger partial charge on any atom is 0.119 e. The number of methoxy groups -OCH3 is 1. The van der Waals surface area contributed by atoms with Crippen LogP contribution < -0.4 is 15.8 Å². The van der Waals surface area contributed by atoms with Crippen molar-refractivity contribution in [3.63, 3.8) is 0 Å². The maximum absolute atomic E-state index is 5.96. The van der Waals surface area contributed by atoms with Gasteiger partial charge >= 0.3 is 0 Å². The normalized spacial score (nSPS) is 27.8. The van der Waals surface area contributed by atoms with Gasteiger partial charge in [0.25, 0.3) is 0 Å². The van der Waals surface area contributed by atoms with Gasteiger partial charge in [0.05, 0.1) is 18.8 Å². The SMILES string of the molecule is COc1ccc(NC2(CN)CCOC(C)C2)cc1. The van der Waals surface area contributed by atoms with Gasteiger partial charge in [0.1, 0.15) is 5.75 Å². The van der Waals surface area contributed by atoms with Crippen molar-refractivity contribution in [3.8, 4) is 5.75 Å². The van der Waals surface area contributed by atoms with E-state index in [4.69, 9.17) is 15.2 Å². The predicted octanol–water partition coefficient (Wildman–Crippen LogP) is 2.00. The average Bonchev–Trinajstić information content (AvgIpc) is 2.39. The van der Waals surface area contributed by atoms with Crippen LogP contribution in [0.5, 0.6) is 5.75 Å². The average molecular weight is 250 g/mol. The largest absolute Gasteiger partial charge is 0.497 e. The number of ether oxygens (including phenoxy) is 2. The molecule has 3 N–H and O–H groups in total. The lowest BCUT2D eigenvalue weighted by atomic mass is 9.86. The molecule has 1 saturated heterocycles. The summed E-state index contributed by atoms with van der Waals surface area (Å²) >= 11 is 0. The molecule has 18 heavy (non-hydrogen) atoms. The fourth-order valence-electron chi connectivity index (χ4n) is 2.50. The molecule has 2 atom stereocenters. The third kappa shape index (κ3) is 2.94. The smallest absolute Gasteiger partial charge is 0.119 e. The first-order valence-electron chi connectivity index (χ1n) is 6.41. The summed E-state index contributed by atoms with van der Waals surface area (Å²) in [6.45, 7) is 3.48. The monoisotopic (exact) mass is 250 g/mol. The van der Waals surface area contributed by atoms with Gasteiger partial charge in [-0.3, -0.25) is 0 Å². The molecule has 0 amide bonds. The number of anilines is 1. The van der Waals surface area contributed by atoms with Gasteiger partial charge < -0.3 is 20.5 Å². The Balaban J connectivity index is 2.08. The van der Waals surface area contributed by atoms with Gasteiger partial charge in [0.2, 0.25) is 0 Å². The van der Waals surface area contributed by atoms with E-state index < -0.39 is 0 Å². The van der Waals surface area contributed by atoms with E-state index in [1.165, 1.54) is 0 Å². The molecule has 0 radical (unpaired) electrons. The lowest BCUT2D eigenvalue weighted by molar-refractivity contribution is 0.000263. The maximum atomic E-state index is 5.96. The van der Waals surface area contributed by atoms with Crippen molar-refractivity contribution in [2.75, 3.05) is 25.6 Å². The second-order valence-electron chi connectivity index (χ2n) is 4.97. The Morgan fingerprint density at radius 3 is 2.72 bits per heavy atom. The molecule has 4 heteroatoms. The molecule has 1 aliphatic heterocycles. The van der Waals surface area contributed by atoms with E-state index in [1.807, 2.05) is 24.3 Å². The highest BCUT2D eigenvalue weighted by atomic mass is 16.5. The summed E-state index contributed by atoms with van der Waals surface area (Å²) in [5.74, 6) is 0.864. The lowest BCUT2D eigenvalue weighted by Gasteiger charge is -2.40. The summed E-state index contributed by atoms with van der Waals surface area (Å²) in [6, 6.07) is 7.96. The standard InChI is InChI=1S/C14H22N2O2/c1-11-9-14(10-15,7-8-18-11)16-12-3-5-13(17-2)6-4-12/h3-6,11,16H,7-10,15H2,1-2H3. The molecule has 2 unspecified atom stereocenters. The van der Waals surface area contributed by atoms with Crippen LogP contribution in [-0.4, -0.2) is 31.9 Å². The van der Waals surface area contributed by atoms with E-state index in [0.29, 0.717) is 6.54 Å². The van der Waals surface area contributed by atoms with Crippen molar-refractivity contribution >= 4 is 5.69 Å². The van der Waals surface area contributed by atoms with Crippen molar-refractivity contribution in [2.24, 2.45) is 5.73 Å². The summed E-state index contributed by atoms with van der Waals surface area (Å²) in [5.41, 5.74) is 6.99. The number of rotatable bonds is 4. The van der Waals surface area contributed by atoms with E-state index in [2.05, 4.69) is 12.2 Å². The minimum atomic E-state index is -0.0494. The van der Waals surface area contributed by atoms with Gasteiger partial charge in [-0.2, -0.15) is 0 Å². The van der Waals surface area contributed by atoms with E-state index in [0.717, 1.165) is 30.9 Å². The summed E-state index contributed by atoms with van der Waals surface area (Å²) in [5, 5.41) is 3.57. The second kappa shape index (κ2) is 5.59. The van der Waals surface area contributed by atoms with Crippen molar-refractivity contribution < 1.29 is 9.47 Å². The third-order valence-corrected chi connectivity index (χ3v) is 3.55. The number of hydrogen-bond donors (Lipinski definition) is 2. The van der Waals surface area contributed by atoms with E-state index in [-0.39, 0.29) is 11.6 Å². The molecule has 1 aromatic rings. The molecule has 0 aliphatic carbocycles. The van der Waals surface area contributed by atoms with Crippen molar-refractivity contribution in [1.82, 2.24) is 0 Å². The van der Waals surface area contributed by atoms with Crippen LogP contribution in [0.15, 0.2) is 24.3 Å². The first-order valence-corrected chi connectivity index (χ1v) is 6.41. The minimum absolute atomic E-state index is 0.0494. The molecule has 0 aromatic heterocycles. The Hall–Kier alpha value is -1.26. The predicted molar refractivity (Wildman–Crippen MR) is 73.1 cm³/mol. The van der Waals surface area contributed by atoms with Gasteiger partial charge in [-0.1, -0.05) is 0 Å². The summed E-state index contributed by atoms with van der Waals surface area (Å²) in [7, 11) is 1.67. The third-order valence-electron chi connectivity index (χ3n) is 3.55. The zero-order chi connectivity index (χ0) is 13.0. The lowest BCUT2D eigenvalue weighted by Crippen LogP contribution is -2.51. The molecule has 1 aliphatic rings. The fourth-order valence-corrected chi connectivity index (χ4v) is 2.50. The van der Waals surface area contributed by atoms with Crippen LogP contribution in [0, 0.1) is 0 Å². The zero-order valence-corrected chi connectivity index (χ0v) is 11.1. The van der Waals surface area contributed by atoms with Crippen LogP contribution >= 0.6 is 0 Å². The second-order valence-corrected chi connectivity index (χ2v) is 4.97. The van der Waals surface area contributed by atoms with Crippen LogP contribution in [0.3, 0.4) is 0 Å².